The summed E-state index contributed by atoms with van der Waals surface area (Å²) in [5.74, 6) is -0.121. The number of rotatable bonds is 7. The summed E-state index contributed by atoms with van der Waals surface area (Å²) in [6, 6.07) is 12.3. The molecule has 2 heterocycles. The number of thioether (sulfide) groups is 1. The molecule has 2 aromatic heterocycles. The van der Waals surface area contributed by atoms with Crippen molar-refractivity contribution in [2.75, 3.05) is 17.7 Å². The van der Waals surface area contributed by atoms with Crippen molar-refractivity contribution in [2.45, 2.75) is 18.3 Å². The van der Waals surface area contributed by atoms with Crippen LogP contribution in [0.15, 0.2) is 53.9 Å². The molecule has 0 radical (unpaired) electrons. The second-order valence-electron chi connectivity index (χ2n) is 6.71. The van der Waals surface area contributed by atoms with Gasteiger partial charge >= 0.3 is 6.18 Å². The molecule has 4 rings (SSSR count). The first-order valence-electron chi connectivity index (χ1n) is 9.27. The fourth-order valence-electron chi connectivity index (χ4n) is 2.70. The minimum absolute atomic E-state index is 0.0838. The summed E-state index contributed by atoms with van der Waals surface area (Å²) >= 11 is 2.38. The van der Waals surface area contributed by atoms with E-state index >= 15 is 0 Å². The van der Waals surface area contributed by atoms with Gasteiger partial charge in [0, 0.05) is 5.69 Å². The Morgan fingerprint density at radius 1 is 1.22 bits per heavy atom. The maximum Gasteiger partial charge on any atom is 0.422 e. The lowest BCUT2D eigenvalue weighted by molar-refractivity contribution is -0.153. The van der Waals surface area contributed by atoms with Crippen LogP contribution in [0.2, 0.25) is 0 Å². The summed E-state index contributed by atoms with van der Waals surface area (Å²) in [6.45, 7) is 0.625. The lowest BCUT2D eigenvalue weighted by Crippen LogP contribution is -2.19. The summed E-state index contributed by atoms with van der Waals surface area (Å²) in [7, 11) is 0. The molecule has 0 saturated carbocycles. The summed E-state index contributed by atoms with van der Waals surface area (Å²) in [5.41, 5.74) is 2.57. The molecule has 0 spiro atoms. The number of benzene rings is 2. The molecule has 166 valence electrons. The molecule has 32 heavy (non-hydrogen) atoms. The third-order valence-electron chi connectivity index (χ3n) is 4.17. The number of aryl methyl sites for hydroxylation is 1. The van der Waals surface area contributed by atoms with Gasteiger partial charge in [0.25, 0.3) is 0 Å². The highest BCUT2D eigenvalue weighted by molar-refractivity contribution is 7.99. The number of thiazole rings is 1. The number of nitrogens with one attached hydrogen (secondary N) is 1. The Morgan fingerprint density at radius 3 is 2.75 bits per heavy atom. The number of hydrogen-bond acceptors (Lipinski definition) is 7. The molecule has 2 aromatic carbocycles. The van der Waals surface area contributed by atoms with Crippen LogP contribution in [0.4, 0.5) is 18.3 Å². The van der Waals surface area contributed by atoms with E-state index in [4.69, 9.17) is 4.74 Å². The van der Waals surface area contributed by atoms with Crippen molar-refractivity contribution in [2.24, 2.45) is 0 Å². The van der Waals surface area contributed by atoms with Gasteiger partial charge < -0.3 is 10.1 Å². The highest BCUT2D eigenvalue weighted by atomic mass is 32.2. The molecule has 12 heteroatoms. The summed E-state index contributed by atoms with van der Waals surface area (Å²) in [5, 5.41) is 11.6. The van der Waals surface area contributed by atoms with Crippen molar-refractivity contribution in [3.05, 3.63) is 54.4 Å². The van der Waals surface area contributed by atoms with Gasteiger partial charge in [-0.2, -0.15) is 13.2 Å². The second-order valence-corrected chi connectivity index (χ2v) is 8.68. The van der Waals surface area contributed by atoms with Crippen LogP contribution in [0.3, 0.4) is 0 Å². The van der Waals surface area contributed by atoms with Gasteiger partial charge in [-0.3, -0.25) is 9.36 Å². The van der Waals surface area contributed by atoms with E-state index in [0.29, 0.717) is 20.5 Å². The van der Waals surface area contributed by atoms with Gasteiger partial charge in [-0.25, -0.2) is 4.98 Å². The zero-order chi connectivity index (χ0) is 22.7. The smallest absolute Gasteiger partial charge is 0.422 e. The number of aromatic nitrogens is 4. The Kier molecular flexibility index (Phi) is 6.33. The Bertz CT molecular complexity index is 1240. The largest absolute Gasteiger partial charge is 0.484 e. The maximum absolute atomic E-state index is 12.4. The van der Waals surface area contributed by atoms with E-state index < -0.39 is 12.8 Å². The molecule has 1 amide bonds. The van der Waals surface area contributed by atoms with Crippen molar-refractivity contribution in [3.63, 3.8) is 0 Å². The lowest BCUT2D eigenvalue weighted by Gasteiger charge is -2.08. The summed E-state index contributed by atoms with van der Waals surface area (Å²) in [6.07, 6.45) is -2.83. The highest BCUT2D eigenvalue weighted by Crippen LogP contribution is 2.30. The molecule has 7 nitrogen and oxygen atoms in total. The van der Waals surface area contributed by atoms with Crippen LogP contribution in [0.5, 0.6) is 5.75 Å². The number of alkyl halides is 3. The quantitative estimate of drug-likeness (QED) is 0.382. The van der Waals surface area contributed by atoms with Gasteiger partial charge in [0.2, 0.25) is 5.91 Å². The highest BCUT2D eigenvalue weighted by Gasteiger charge is 2.28. The number of halogens is 3. The first-order valence-corrected chi connectivity index (χ1v) is 11.1. The number of hydrogen-bond donors (Lipinski definition) is 1. The third kappa shape index (κ3) is 5.56. The Labute approximate surface area is 188 Å². The average Bonchev–Trinajstić information content (AvgIpc) is 3.36. The van der Waals surface area contributed by atoms with Gasteiger partial charge in [-0.05, 0) is 37.3 Å². The van der Waals surface area contributed by atoms with E-state index in [9.17, 15) is 18.0 Å². The van der Waals surface area contributed by atoms with E-state index in [1.807, 2.05) is 31.2 Å². The fraction of sp³-hybridized carbons (Fsp3) is 0.200. The Hall–Kier alpha value is -3.12. The SMILES string of the molecule is Cc1ccc(-n2cnnc2SCC(=O)Nc2nc3ccc(OCC(F)(F)F)cc3s2)cc1. The summed E-state index contributed by atoms with van der Waals surface area (Å²) in [4.78, 5) is 16.7. The number of fused-ring (bicyclic) bond motifs is 1. The predicted molar refractivity (Wildman–Crippen MR) is 117 cm³/mol. The van der Waals surface area contributed by atoms with Crippen LogP contribution in [-0.2, 0) is 4.79 Å². The number of amides is 1. The van der Waals surface area contributed by atoms with Crippen molar-refractivity contribution in [3.8, 4) is 11.4 Å². The van der Waals surface area contributed by atoms with Gasteiger partial charge in [0.15, 0.2) is 16.9 Å². The first-order chi connectivity index (χ1) is 15.3. The molecule has 0 bridgehead atoms. The standard InChI is InChI=1S/C20H16F3N5O2S2/c1-12-2-4-13(5-3-12)28-11-24-27-19(28)31-9-17(29)26-18-25-15-7-6-14(8-16(15)32-18)30-10-20(21,22)23/h2-8,11H,9-10H2,1H3,(H,25,26,29). The van der Waals surface area contributed by atoms with Crippen molar-refractivity contribution in [1.82, 2.24) is 19.7 Å². The minimum Gasteiger partial charge on any atom is -0.484 e. The molecule has 0 aliphatic carbocycles. The van der Waals surface area contributed by atoms with E-state index in [1.165, 1.54) is 23.9 Å². The zero-order valence-electron chi connectivity index (χ0n) is 16.6. The van der Waals surface area contributed by atoms with Crippen LogP contribution >= 0.6 is 23.1 Å². The van der Waals surface area contributed by atoms with E-state index in [1.54, 1.807) is 17.0 Å². The van der Waals surface area contributed by atoms with Crippen molar-refractivity contribution >= 4 is 44.4 Å². The molecular formula is C20H16F3N5O2S2. The molecule has 0 aliphatic rings. The fourth-order valence-corrected chi connectivity index (χ4v) is 4.34. The number of carbonyl (C=O) groups excluding carboxylic acids is 1. The Balaban J connectivity index is 1.37. The molecule has 4 aromatic rings. The molecule has 0 aliphatic heterocycles. The molecule has 0 saturated heterocycles. The monoisotopic (exact) mass is 479 g/mol. The number of anilines is 1. The van der Waals surface area contributed by atoms with Gasteiger partial charge in [0.1, 0.15) is 12.1 Å². The van der Waals surface area contributed by atoms with Crippen LogP contribution in [-0.4, -0.2) is 44.2 Å². The average molecular weight is 480 g/mol. The molecule has 0 atom stereocenters. The van der Waals surface area contributed by atoms with Gasteiger partial charge in [-0.1, -0.05) is 40.8 Å². The van der Waals surface area contributed by atoms with Gasteiger partial charge in [0.05, 0.1) is 16.0 Å². The number of carbonyl (C=O) groups is 1. The van der Waals surface area contributed by atoms with E-state index in [-0.39, 0.29) is 17.4 Å². The first kappa shape index (κ1) is 22.1. The molecular weight excluding hydrogens is 463 g/mol. The van der Waals surface area contributed by atoms with Crippen LogP contribution in [0.25, 0.3) is 15.9 Å². The van der Waals surface area contributed by atoms with E-state index in [2.05, 4.69) is 20.5 Å². The molecule has 0 fully saturated rings. The van der Waals surface area contributed by atoms with Crippen molar-refractivity contribution < 1.29 is 22.7 Å². The Morgan fingerprint density at radius 2 is 2.00 bits per heavy atom. The minimum atomic E-state index is -4.41. The lowest BCUT2D eigenvalue weighted by atomic mass is 10.2. The van der Waals surface area contributed by atoms with Crippen LogP contribution in [0.1, 0.15) is 5.56 Å². The van der Waals surface area contributed by atoms with Crippen LogP contribution in [0, 0.1) is 6.92 Å². The topological polar surface area (TPSA) is 81.9 Å². The van der Waals surface area contributed by atoms with E-state index in [0.717, 1.165) is 22.6 Å². The third-order valence-corrected chi connectivity index (χ3v) is 6.05. The number of nitrogens with zero attached hydrogens (tertiary/aromatic N) is 4. The number of ether oxygens (including phenoxy) is 1. The van der Waals surface area contributed by atoms with Crippen LogP contribution < -0.4 is 10.1 Å². The normalized spacial score (nSPS) is 11.6. The second kappa shape index (κ2) is 9.17. The maximum atomic E-state index is 12.4. The summed E-state index contributed by atoms with van der Waals surface area (Å²) < 4.78 is 44.1. The predicted octanol–water partition coefficient (Wildman–Crippen LogP) is 4.86. The zero-order valence-corrected chi connectivity index (χ0v) is 18.2. The molecule has 0 unspecified atom stereocenters. The van der Waals surface area contributed by atoms with Gasteiger partial charge in [-0.15, -0.1) is 10.2 Å². The van der Waals surface area contributed by atoms with Crippen molar-refractivity contribution in [1.29, 1.82) is 0 Å². The molecule has 1 N–H and O–H groups in total.